The summed E-state index contributed by atoms with van der Waals surface area (Å²) in [5.41, 5.74) is 2.93. The minimum absolute atomic E-state index is 0.105. The van der Waals surface area contributed by atoms with E-state index in [1.165, 1.54) is 0 Å². The number of methoxy groups -OCH3 is 1. The van der Waals surface area contributed by atoms with E-state index in [0.717, 1.165) is 22.6 Å². The summed E-state index contributed by atoms with van der Waals surface area (Å²) in [5.74, 6) is 0.714. The van der Waals surface area contributed by atoms with E-state index >= 15 is 0 Å². The third-order valence-corrected chi connectivity index (χ3v) is 3.51. The number of anilines is 1. The maximum Gasteiger partial charge on any atom is 0.152 e. The van der Waals surface area contributed by atoms with Crippen LogP contribution in [-0.2, 0) is 6.54 Å². The van der Waals surface area contributed by atoms with Gasteiger partial charge in [-0.05, 0) is 25.1 Å². The lowest BCUT2D eigenvalue weighted by atomic mass is 10.1. The molecular formula is C15H15Cl2NO2. The standard InChI is InChI=1S/C15H15Cl2NO2/c1-9-3-4-14(20-2)10(5-9)8-18-11-6-12(16)15(19)13(17)7-11/h3-7,18-19H,8H2,1-2H3. The van der Waals surface area contributed by atoms with E-state index in [-0.39, 0.29) is 15.8 Å². The van der Waals surface area contributed by atoms with Crippen LogP contribution in [-0.4, -0.2) is 12.2 Å². The molecule has 2 aromatic rings. The van der Waals surface area contributed by atoms with Gasteiger partial charge in [0.1, 0.15) is 5.75 Å². The summed E-state index contributed by atoms with van der Waals surface area (Å²) >= 11 is 11.8. The molecule has 106 valence electrons. The summed E-state index contributed by atoms with van der Waals surface area (Å²) in [6, 6.07) is 9.24. The van der Waals surface area contributed by atoms with Crippen LogP contribution in [0.15, 0.2) is 30.3 Å². The zero-order valence-electron chi connectivity index (χ0n) is 11.2. The molecule has 3 nitrogen and oxygen atoms in total. The molecule has 0 aliphatic carbocycles. The minimum Gasteiger partial charge on any atom is -0.505 e. The molecule has 20 heavy (non-hydrogen) atoms. The van der Waals surface area contributed by atoms with E-state index in [2.05, 4.69) is 11.4 Å². The van der Waals surface area contributed by atoms with Gasteiger partial charge in [-0.2, -0.15) is 0 Å². The highest BCUT2D eigenvalue weighted by Crippen LogP contribution is 2.35. The average Bonchev–Trinajstić information content (AvgIpc) is 2.42. The molecular weight excluding hydrogens is 297 g/mol. The summed E-state index contributed by atoms with van der Waals surface area (Å²) in [6.07, 6.45) is 0. The largest absolute Gasteiger partial charge is 0.505 e. The predicted octanol–water partition coefficient (Wildman–Crippen LogP) is 4.63. The maximum absolute atomic E-state index is 9.52. The highest BCUT2D eigenvalue weighted by molar-refractivity contribution is 6.37. The predicted molar refractivity (Wildman–Crippen MR) is 83.2 cm³/mol. The van der Waals surface area contributed by atoms with Gasteiger partial charge >= 0.3 is 0 Å². The Morgan fingerprint density at radius 1 is 1.15 bits per heavy atom. The molecule has 2 rings (SSSR count). The van der Waals surface area contributed by atoms with Crippen molar-refractivity contribution in [1.82, 2.24) is 0 Å². The van der Waals surface area contributed by atoms with Crippen molar-refractivity contribution >= 4 is 28.9 Å². The first kappa shape index (κ1) is 14.8. The van der Waals surface area contributed by atoms with Crippen molar-refractivity contribution in [3.63, 3.8) is 0 Å². The SMILES string of the molecule is COc1ccc(C)cc1CNc1cc(Cl)c(O)c(Cl)c1. The second-order valence-corrected chi connectivity index (χ2v) is 5.27. The zero-order valence-corrected chi connectivity index (χ0v) is 12.7. The number of benzene rings is 2. The lowest BCUT2D eigenvalue weighted by Crippen LogP contribution is -2.02. The van der Waals surface area contributed by atoms with Crippen LogP contribution < -0.4 is 10.1 Å². The number of halogens is 2. The van der Waals surface area contributed by atoms with Crippen LogP contribution in [0, 0.1) is 6.92 Å². The van der Waals surface area contributed by atoms with Crippen LogP contribution >= 0.6 is 23.2 Å². The van der Waals surface area contributed by atoms with Crippen molar-refractivity contribution in [2.45, 2.75) is 13.5 Å². The number of aryl methyl sites for hydroxylation is 1. The second-order valence-electron chi connectivity index (χ2n) is 4.46. The topological polar surface area (TPSA) is 41.5 Å². The Morgan fingerprint density at radius 2 is 1.80 bits per heavy atom. The molecule has 0 unspecified atom stereocenters. The number of aromatic hydroxyl groups is 1. The molecule has 0 fully saturated rings. The van der Waals surface area contributed by atoms with Gasteiger partial charge < -0.3 is 15.2 Å². The van der Waals surface area contributed by atoms with Gasteiger partial charge in [0.2, 0.25) is 0 Å². The summed E-state index contributed by atoms with van der Waals surface area (Å²) in [6.45, 7) is 2.60. The van der Waals surface area contributed by atoms with E-state index in [1.807, 2.05) is 19.1 Å². The highest BCUT2D eigenvalue weighted by atomic mass is 35.5. The fourth-order valence-corrected chi connectivity index (χ4v) is 2.40. The molecule has 5 heteroatoms. The van der Waals surface area contributed by atoms with Crippen LogP contribution in [0.1, 0.15) is 11.1 Å². The van der Waals surface area contributed by atoms with Gasteiger partial charge in [0, 0.05) is 17.8 Å². The molecule has 0 heterocycles. The van der Waals surface area contributed by atoms with Crippen molar-refractivity contribution in [2.24, 2.45) is 0 Å². The molecule has 0 amide bonds. The molecule has 0 saturated carbocycles. The van der Waals surface area contributed by atoms with E-state index in [1.54, 1.807) is 19.2 Å². The fourth-order valence-electron chi connectivity index (χ4n) is 1.91. The van der Waals surface area contributed by atoms with Crippen molar-refractivity contribution in [3.8, 4) is 11.5 Å². The average molecular weight is 312 g/mol. The van der Waals surface area contributed by atoms with Gasteiger partial charge in [0.15, 0.2) is 5.75 Å². The van der Waals surface area contributed by atoms with Gasteiger partial charge in [0.25, 0.3) is 0 Å². The molecule has 0 radical (unpaired) electrons. The quantitative estimate of drug-likeness (QED) is 0.809. The number of hydrogen-bond donors (Lipinski definition) is 2. The first-order valence-electron chi connectivity index (χ1n) is 6.06. The zero-order chi connectivity index (χ0) is 14.7. The lowest BCUT2D eigenvalue weighted by Gasteiger charge is -2.12. The monoisotopic (exact) mass is 311 g/mol. The fraction of sp³-hybridized carbons (Fsp3) is 0.200. The van der Waals surface area contributed by atoms with Gasteiger partial charge in [-0.25, -0.2) is 0 Å². The van der Waals surface area contributed by atoms with Crippen LogP contribution in [0.2, 0.25) is 10.0 Å². The van der Waals surface area contributed by atoms with E-state index in [9.17, 15) is 5.11 Å². The first-order valence-corrected chi connectivity index (χ1v) is 6.82. The number of phenols is 1. The number of ether oxygens (including phenoxy) is 1. The van der Waals surface area contributed by atoms with Crippen molar-refractivity contribution in [2.75, 3.05) is 12.4 Å². The molecule has 0 spiro atoms. The van der Waals surface area contributed by atoms with Crippen LogP contribution in [0.4, 0.5) is 5.69 Å². The molecule has 0 aliphatic heterocycles. The Labute approximate surface area is 128 Å². The molecule has 0 aliphatic rings. The summed E-state index contributed by atoms with van der Waals surface area (Å²) in [7, 11) is 1.64. The van der Waals surface area contributed by atoms with Crippen LogP contribution in [0.5, 0.6) is 11.5 Å². The molecule has 0 atom stereocenters. The van der Waals surface area contributed by atoms with Crippen molar-refractivity contribution in [3.05, 3.63) is 51.5 Å². The van der Waals surface area contributed by atoms with Gasteiger partial charge in [-0.1, -0.05) is 40.9 Å². The molecule has 0 aromatic heterocycles. The summed E-state index contributed by atoms with van der Waals surface area (Å²) < 4.78 is 5.32. The number of hydrogen-bond acceptors (Lipinski definition) is 3. The smallest absolute Gasteiger partial charge is 0.152 e. The van der Waals surface area contributed by atoms with Gasteiger partial charge in [0.05, 0.1) is 17.2 Å². The number of rotatable bonds is 4. The molecule has 2 aromatic carbocycles. The van der Waals surface area contributed by atoms with E-state index in [4.69, 9.17) is 27.9 Å². The summed E-state index contributed by atoms with van der Waals surface area (Å²) in [5, 5.41) is 13.2. The van der Waals surface area contributed by atoms with Crippen molar-refractivity contribution in [1.29, 1.82) is 0 Å². The maximum atomic E-state index is 9.52. The Hall–Kier alpha value is -1.58. The molecule has 0 bridgehead atoms. The third kappa shape index (κ3) is 3.30. The first-order chi connectivity index (χ1) is 9.51. The number of nitrogens with one attached hydrogen (secondary N) is 1. The molecule has 2 N–H and O–H groups in total. The van der Waals surface area contributed by atoms with Gasteiger partial charge in [-0.15, -0.1) is 0 Å². The normalized spacial score (nSPS) is 10.4. The summed E-state index contributed by atoms with van der Waals surface area (Å²) in [4.78, 5) is 0. The second kappa shape index (κ2) is 6.25. The third-order valence-electron chi connectivity index (χ3n) is 2.94. The Balaban J connectivity index is 2.18. The van der Waals surface area contributed by atoms with Gasteiger partial charge in [-0.3, -0.25) is 0 Å². The van der Waals surface area contributed by atoms with E-state index in [0.29, 0.717) is 6.54 Å². The van der Waals surface area contributed by atoms with E-state index < -0.39 is 0 Å². The molecule has 0 saturated heterocycles. The number of phenolic OH excluding ortho intramolecular Hbond substituents is 1. The minimum atomic E-state index is -0.105. The van der Waals surface area contributed by atoms with Crippen LogP contribution in [0.3, 0.4) is 0 Å². The Bertz CT molecular complexity index is 606. The Morgan fingerprint density at radius 3 is 2.40 bits per heavy atom. The lowest BCUT2D eigenvalue weighted by molar-refractivity contribution is 0.410. The highest BCUT2D eigenvalue weighted by Gasteiger charge is 2.08. The van der Waals surface area contributed by atoms with Crippen LogP contribution in [0.25, 0.3) is 0 Å². The Kier molecular flexibility index (Phi) is 4.63. The van der Waals surface area contributed by atoms with Crippen molar-refractivity contribution < 1.29 is 9.84 Å².